The fourth-order valence-corrected chi connectivity index (χ4v) is 0.935. The molecule has 2 rings (SSSR count). The van der Waals surface area contributed by atoms with E-state index in [0.717, 1.165) is 0 Å². The minimum Gasteiger partial charge on any atom is -0.462 e. The maximum absolute atomic E-state index is 9.30. The molecule has 64 valence electrons. The summed E-state index contributed by atoms with van der Waals surface area (Å²) < 4.78 is 10.0. The molecule has 3 nitrogen and oxygen atoms in total. The van der Waals surface area contributed by atoms with Crippen LogP contribution in [0, 0.1) is 0 Å². The van der Waals surface area contributed by atoms with Gasteiger partial charge in [-0.3, -0.25) is 0 Å². The van der Waals surface area contributed by atoms with E-state index >= 15 is 0 Å². The zero-order valence-corrected chi connectivity index (χ0v) is 6.51. The number of hydrogen-bond acceptors (Lipinski definition) is 3. The number of aliphatic hydroxyl groups excluding tert-OH is 1. The highest BCUT2D eigenvalue weighted by Crippen LogP contribution is 2.18. The minimum absolute atomic E-state index is 0.134. The third kappa shape index (κ3) is 1.75. The first-order valence-electron chi connectivity index (χ1n) is 3.87. The maximum Gasteiger partial charge on any atom is 0.226 e. The number of rotatable bonds is 3. The van der Waals surface area contributed by atoms with E-state index in [4.69, 9.17) is 9.47 Å². The Balaban J connectivity index is 1.94. The lowest BCUT2D eigenvalue weighted by molar-refractivity contribution is -0.0367. The van der Waals surface area contributed by atoms with Crippen molar-refractivity contribution in [3.05, 3.63) is 30.3 Å². The average Bonchev–Trinajstić information content (AvgIpc) is 2.88. The molecule has 2 atom stereocenters. The van der Waals surface area contributed by atoms with Crippen molar-refractivity contribution in [1.82, 2.24) is 0 Å². The van der Waals surface area contributed by atoms with Gasteiger partial charge in [0.1, 0.15) is 11.9 Å². The second-order valence-corrected chi connectivity index (χ2v) is 2.69. The minimum atomic E-state index is -0.826. The van der Waals surface area contributed by atoms with E-state index in [1.807, 2.05) is 18.2 Å². The standard InChI is InChI=1S/C9H10O3/c10-9(8-6-11-8)12-7-4-2-1-3-5-7/h1-5,8-10H,6H2. The second-order valence-electron chi connectivity index (χ2n) is 2.69. The van der Waals surface area contributed by atoms with Gasteiger partial charge in [-0.1, -0.05) is 18.2 Å². The molecule has 1 saturated heterocycles. The normalized spacial score (nSPS) is 23.2. The Morgan fingerprint density at radius 2 is 2.08 bits per heavy atom. The van der Waals surface area contributed by atoms with E-state index in [2.05, 4.69) is 0 Å². The van der Waals surface area contributed by atoms with Gasteiger partial charge in [0.15, 0.2) is 0 Å². The van der Waals surface area contributed by atoms with Gasteiger partial charge in [0.2, 0.25) is 6.29 Å². The van der Waals surface area contributed by atoms with Crippen molar-refractivity contribution in [3.63, 3.8) is 0 Å². The topological polar surface area (TPSA) is 42.0 Å². The molecule has 1 aliphatic heterocycles. The van der Waals surface area contributed by atoms with E-state index in [-0.39, 0.29) is 6.10 Å². The maximum atomic E-state index is 9.30. The predicted octanol–water partition coefficient (Wildman–Crippen LogP) is 0.783. The van der Waals surface area contributed by atoms with Crippen LogP contribution in [-0.4, -0.2) is 24.1 Å². The summed E-state index contributed by atoms with van der Waals surface area (Å²) in [5.41, 5.74) is 0. The van der Waals surface area contributed by atoms with Crippen LogP contribution in [0.1, 0.15) is 0 Å². The molecule has 12 heavy (non-hydrogen) atoms. The van der Waals surface area contributed by atoms with E-state index in [9.17, 15) is 5.11 Å². The molecule has 0 radical (unpaired) electrons. The number of hydrogen-bond donors (Lipinski definition) is 1. The van der Waals surface area contributed by atoms with Crippen LogP contribution in [0.4, 0.5) is 0 Å². The SMILES string of the molecule is OC(Oc1ccccc1)C1CO1. The molecular formula is C9H10O3. The molecule has 0 spiro atoms. The third-order valence-corrected chi connectivity index (χ3v) is 1.68. The Labute approximate surface area is 70.5 Å². The van der Waals surface area contributed by atoms with Crippen LogP contribution in [0.5, 0.6) is 5.75 Å². The van der Waals surface area contributed by atoms with Crippen molar-refractivity contribution in [1.29, 1.82) is 0 Å². The lowest BCUT2D eigenvalue weighted by atomic mass is 10.3. The molecule has 0 saturated carbocycles. The van der Waals surface area contributed by atoms with Crippen molar-refractivity contribution in [2.75, 3.05) is 6.61 Å². The molecular weight excluding hydrogens is 156 g/mol. The van der Waals surface area contributed by atoms with Crippen molar-refractivity contribution in [3.8, 4) is 5.75 Å². The smallest absolute Gasteiger partial charge is 0.226 e. The molecule has 2 unspecified atom stereocenters. The first-order valence-corrected chi connectivity index (χ1v) is 3.87. The van der Waals surface area contributed by atoms with Crippen LogP contribution in [0.15, 0.2) is 30.3 Å². The summed E-state index contributed by atoms with van der Waals surface area (Å²) >= 11 is 0. The van der Waals surface area contributed by atoms with Gasteiger partial charge >= 0.3 is 0 Å². The van der Waals surface area contributed by atoms with Gasteiger partial charge in [0.05, 0.1) is 6.61 Å². The zero-order chi connectivity index (χ0) is 8.39. The lowest BCUT2D eigenvalue weighted by Gasteiger charge is -2.09. The van der Waals surface area contributed by atoms with Gasteiger partial charge in [0.25, 0.3) is 0 Å². The average molecular weight is 166 g/mol. The Morgan fingerprint density at radius 3 is 2.67 bits per heavy atom. The summed E-state index contributed by atoms with van der Waals surface area (Å²) in [6, 6.07) is 9.20. The van der Waals surface area contributed by atoms with Crippen LogP contribution in [-0.2, 0) is 4.74 Å². The lowest BCUT2D eigenvalue weighted by Crippen LogP contribution is -2.22. The molecule has 1 aliphatic rings. The highest BCUT2D eigenvalue weighted by Gasteiger charge is 2.32. The fourth-order valence-electron chi connectivity index (χ4n) is 0.935. The van der Waals surface area contributed by atoms with Crippen molar-refractivity contribution in [2.24, 2.45) is 0 Å². The molecule has 0 amide bonds. The Morgan fingerprint density at radius 1 is 1.42 bits per heavy atom. The highest BCUT2D eigenvalue weighted by atomic mass is 16.7. The molecule has 0 aliphatic carbocycles. The number of epoxide rings is 1. The Hall–Kier alpha value is -1.06. The van der Waals surface area contributed by atoms with Crippen LogP contribution < -0.4 is 4.74 Å². The van der Waals surface area contributed by atoms with Crippen molar-refractivity contribution >= 4 is 0 Å². The van der Waals surface area contributed by atoms with Crippen LogP contribution in [0.25, 0.3) is 0 Å². The molecule has 1 N–H and O–H groups in total. The van der Waals surface area contributed by atoms with Gasteiger partial charge < -0.3 is 14.6 Å². The molecule has 1 heterocycles. The Kier molecular flexibility index (Phi) is 1.98. The number of benzene rings is 1. The molecule has 1 aromatic carbocycles. The van der Waals surface area contributed by atoms with E-state index < -0.39 is 6.29 Å². The van der Waals surface area contributed by atoms with E-state index in [1.54, 1.807) is 12.1 Å². The number of aliphatic hydroxyl groups is 1. The first kappa shape index (κ1) is 7.58. The monoisotopic (exact) mass is 166 g/mol. The quantitative estimate of drug-likeness (QED) is 0.533. The number of ether oxygens (including phenoxy) is 2. The van der Waals surface area contributed by atoms with E-state index in [0.29, 0.717) is 12.4 Å². The fraction of sp³-hybridized carbons (Fsp3) is 0.333. The third-order valence-electron chi connectivity index (χ3n) is 1.68. The Bertz CT molecular complexity index is 243. The molecule has 0 aromatic heterocycles. The van der Waals surface area contributed by atoms with Gasteiger partial charge in [0, 0.05) is 0 Å². The summed E-state index contributed by atoms with van der Waals surface area (Å²) in [7, 11) is 0. The van der Waals surface area contributed by atoms with Gasteiger partial charge in [-0.15, -0.1) is 0 Å². The molecule has 1 fully saturated rings. The van der Waals surface area contributed by atoms with Gasteiger partial charge in [-0.2, -0.15) is 0 Å². The summed E-state index contributed by atoms with van der Waals surface area (Å²) in [6.07, 6.45) is -0.961. The van der Waals surface area contributed by atoms with Gasteiger partial charge in [-0.05, 0) is 12.1 Å². The van der Waals surface area contributed by atoms with Crippen LogP contribution >= 0.6 is 0 Å². The summed E-state index contributed by atoms with van der Waals surface area (Å²) in [4.78, 5) is 0. The predicted molar refractivity (Wildman–Crippen MR) is 42.8 cm³/mol. The molecule has 0 bridgehead atoms. The van der Waals surface area contributed by atoms with Crippen molar-refractivity contribution in [2.45, 2.75) is 12.4 Å². The largest absolute Gasteiger partial charge is 0.462 e. The highest BCUT2D eigenvalue weighted by molar-refractivity contribution is 5.21. The van der Waals surface area contributed by atoms with Crippen molar-refractivity contribution < 1.29 is 14.6 Å². The van der Waals surface area contributed by atoms with Crippen LogP contribution in [0.3, 0.4) is 0 Å². The summed E-state index contributed by atoms with van der Waals surface area (Å²) in [5.74, 6) is 0.667. The van der Waals surface area contributed by atoms with Gasteiger partial charge in [-0.25, -0.2) is 0 Å². The second kappa shape index (κ2) is 3.13. The van der Waals surface area contributed by atoms with Crippen LogP contribution in [0.2, 0.25) is 0 Å². The molecule has 3 heteroatoms. The molecule has 1 aromatic rings. The summed E-state index contributed by atoms with van der Waals surface area (Å²) in [5, 5.41) is 9.30. The zero-order valence-electron chi connectivity index (χ0n) is 6.51. The summed E-state index contributed by atoms with van der Waals surface area (Å²) in [6.45, 7) is 0.591. The first-order chi connectivity index (χ1) is 5.86. The van der Waals surface area contributed by atoms with E-state index in [1.165, 1.54) is 0 Å². The number of para-hydroxylation sites is 1.